The first-order valence-electron chi connectivity index (χ1n) is 8.04. The van der Waals surface area contributed by atoms with Crippen LogP contribution in [0.15, 0.2) is 0 Å². The standard InChI is InChI=1S/C16H28N2O2/c1-4-9-17-13(12-7-5-6-8-12)11-18-14(19)10-16(2,3)15(18)20/h12-13,17H,4-11H2,1-3H3. The zero-order valence-electron chi connectivity index (χ0n) is 13.1. The van der Waals surface area contributed by atoms with Gasteiger partial charge in [-0.15, -0.1) is 0 Å². The predicted octanol–water partition coefficient (Wildman–Crippen LogP) is 2.33. The fourth-order valence-electron chi connectivity index (χ4n) is 3.48. The van der Waals surface area contributed by atoms with Crippen LogP contribution in [-0.2, 0) is 9.59 Å². The van der Waals surface area contributed by atoms with Crippen molar-refractivity contribution in [2.45, 2.75) is 65.3 Å². The minimum Gasteiger partial charge on any atom is -0.312 e. The van der Waals surface area contributed by atoms with Crippen LogP contribution >= 0.6 is 0 Å². The summed E-state index contributed by atoms with van der Waals surface area (Å²) in [6.07, 6.45) is 6.44. The molecule has 2 fully saturated rings. The molecule has 1 aliphatic carbocycles. The molecule has 2 amide bonds. The van der Waals surface area contributed by atoms with Gasteiger partial charge in [0.1, 0.15) is 0 Å². The Morgan fingerprint density at radius 1 is 1.30 bits per heavy atom. The minimum absolute atomic E-state index is 0.00120. The maximum atomic E-state index is 12.3. The van der Waals surface area contributed by atoms with Gasteiger partial charge >= 0.3 is 0 Å². The second-order valence-corrected chi connectivity index (χ2v) is 6.98. The molecule has 4 nitrogen and oxygen atoms in total. The molecule has 2 rings (SSSR count). The van der Waals surface area contributed by atoms with Crippen LogP contribution < -0.4 is 5.32 Å². The Hall–Kier alpha value is -0.900. The summed E-state index contributed by atoms with van der Waals surface area (Å²) < 4.78 is 0. The van der Waals surface area contributed by atoms with Gasteiger partial charge in [0.2, 0.25) is 11.8 Å². The van der Waals surface area contributed by atoms with E-state index in [-0.39, 0.29) is 17.9 Å². The predicted molar refractivity (Wildman–Crippen MR) is 79.2 cm³/mol. The Labute approximate surface area is 122 Å². The lowest BCUT2D eigenvalue weighted by atomic mass is 9.92. The van der Waals surface area contributed by atoms with Crippen molar-refractivity contribution in [3.05, 3.63) is 0 Å². The number of rotatable bonds is 6. The Bertz CT molecular complexity index is 373. The molecule has 4 heteroatoms. The smallest absolute Gasteiger partial charge is 0.235 e. The highest BCUT2D eigenvalue weighted by atomic mass is 16.2. The topological polar surface area (TPSA) is 49.4 Å². The molecule has 20 heavy (non-hydrogen) atoms. The van der Waals surface area contributed by atoms with Gasteiger partial charge in [-0.1, -0.05) is 33.6 Å². The molecule has 0 bridgehead atoms. The third-order valence-corrected chi connectivity index (χ3v) is 4.72. The van der Waals surface area contributed by atoms with Crippen LogP contribution in [0, 0.1) is 11.3 Å². The first-order chi connectivity index (χ1) is 9.45. The molecule has 0 aromatic heterocycles. The second-order valence-electron chi connectivity index (χ2n) is 6.98. The van der Waals surface area contributed by atoms with Crippen molar-refractivity contribution in [1.82, 2.24) is 10.2 Å². The number of imide groups is 1. The summed E-state index contributed by atoms with van der Waals surface area (Å²) in [5, 5.41) is 3.56. The molecule has 1 N–H and O–H groups in total. The lowest BCUT2D eigenvalue weighted by Gasteiger charge is -2.29. The van der Waals surface area contributed by atoms with E-state index in [0.29, 0.717) is 18.9 Å². The average Bonchev–Trinajstić information content (AvgIpc) is 2.96. The van der Waals surface area contributed by atoms with Gasteiger partial charge in [0.15, 0.2) is 0 Å². The zero-order valence-corrected chi connectivity index (χ0v) is 13.1. The van der Waals surface area contributed by atoms with Crippen LogP contribution in [0.5, 0.6) is 0 Å². The van der Waals surface area contributed by atoms with E-state index < -0.39 is 5.41 Å². The second kappa shape index (κ2) is 6.25. The van der Waals surface area contributed by atoms with Gasteiger partial charge in [0.05, 0.1) is 5.41 Å². The van der Waals surface area contributed by atoms with Crippen molar-refractivity contribution in [1.29, 1.82) is 0 Å². The Kier molecular flexibility index (Phi) is 4.84. The first-order valence-corrected chi connectivity index (χ1v) is 8.04. The molecule has 0 aromatic carbocycles. The summed E-state index contributed by atoms with van der Waals surface area (Å²) in [5.74, 6) is 0.621. The summed E-state index contributed by atoms with van der Waals surface area (Å²) >= 11 is 0. The molecular weight excluding hydrogens is 252 g/mol. The van der Waals surface area contributed by atoms with Gasteiger partial charge in [-0.25, -0.2) is 0 Å². The molecule has 1 atom stereocenters. The summed E-state index contributed by atoms with van der Waals surface area (Å²) in [4.78, 5) is 25.9. The maximum absolute atomic E-state index is 12.3. The lowest BCUT2D eigenvalue weighted by molar-refractivity contribution is -0.141. The Morgan fingerprint density at radius 3 is 2.45 bits per heavy atom. The van der Waals surface area contributed by atoms with Gasteiger partial charge < -0.3 is 5.32 Å². The summed E-state index contributed by atoms with van der Waals surface area (Å²) in [7, 11) is 0. The molecule has 1 saturated heterocycles. The number of hydrogen-bond donors (Lipinski definition) is 1. The highest BCUT2D eigenvalue weighted by Gasteiger charge is 2.45. The highest BCUT2D eigenvalue weighted by Crippen LogP contribution is 2.34. The van der Waals surface area contributed by atoms with Crippen LogP contribution in [0.25, 0.3) is 0 Å². The Balaban J connectivity index is 2.03. The third kappa shape index (κ3) is 3.22. The molecule has 0 radical (unpaired) electrons. The van der Waals surface area contributed by atoms with Crippen molar-refractivity contribution in [3.8, 4) is 0 Å². The van der Waals surface area contributed by atoms with Crippen molar-refractivity contribution >= 4 is 11.8 Å². The number of nitrogens with zero attached hydrogens (tertiary/aromatic N) is 1. The summed E-state index contributed by atoms with van der Waals surface area (Å²) in [6.45, 7) is 7.41. The van der Waals surface area contributed by atoms with Gasteiger partial charge in [0.25, 0.3) is 0 Å². The van der Waals surface area contributed by atoms with E-state index in [4.69, 9.17) is 0 Å². The molecule has 1 saturated carbocycles. The maximum Gasteiger partial charge on any atom is 0.235 e. The fraction of sp³-hybridized carbons (Fsp3) is 0.875. The van der Waals surface area contributed by atoms with E-state index in [9.17, 15) is 9.59 Å². The third-order valence-electron chi connectivity index (χ3n) is 4.72. The largest absolute Gasteiger partial charge is 0.312 e. The number of likely N-dealkylation sites (tertiary alicyclic amines) is 1. The molecule has 1 aliphatic heterocycles. The van der Waals surface area contributed by atoms with Crippen LogP contribution in [0.1, 0.15) is 59.3 Å². The zero-order chi connectivity index (χ0) is 14.8. The number of nitrogens with one attached hydrogen (secondary N) is 1. The van der Waals surface area contributed by atoms with Gasteiger partial charge in [-0.05, 0) is 31.7 Å². The van der Waals surface area contributed by atoms with E-state index in [1.807, 2.05) is 13.8 Å². The molecule has 0 spiro atoms. The number of carbonyl (C=O) groups is 2. The first kappa shape index (κ1) is 15.5. The highest BCUT2D eigenvalue weighted by molar-refractivity contribution is 6.05. The van der Waals surface area contributed by atoms with Crippen LogP contribution in [0.2, 0.25) is 0 Å². The lowest BCUT2D eigenvalue weighted by Crippen LogP contribution is -2.47. The van der Waals surface area contributed by atoms with Crippen molar-refractivity contribution in [2.75, 3.05) is 13.1 Å². The summed E-state index contributed by atoms with van der Waals surface area (Å²) in [5.41, 5.74) is -0.512. The molecule has 2 aliphatic rings. The van der Waals surface area contributed by atoms with E-state index in [2.05, 4.69) is 12.2 Å². The van der Waals surface area contributed by atoms with Gasteiger partial charge in [-0.2, -0.15) is 0 Å². The van der Waals surface area contributed by atoms with Crippen LogP contribution in [0.3, 0.4) is 0 Å². The Morgan fingerprint density at radius 2 is 1.95 bits per heavy atom. The molecule has 1 heterocycles. The van der Waals surface area contributed by atoms with Crippen molar-refractivity contribution in [3.63, 3.8) is 0 Å². The molecular formula is C16H28N2O2. The van der Waals surface area contributed by atoms with E-state index >= 15 is 0 Å². The van der Waals surface area contributed by atoms with E-state index in [1.54, 1.807) is 0 Å². The quantitative estimate of drug-likeness (QED) is 0.760. The summed E-state index contributed by atoms with van der Waals surface area (Å²) in [6, 6.07) is 0.277. The van der Waals surface area contributed by atoms with E-state index in [1.165, 1.54) is 30.6 Å². The SMILES string of the molecule is CCCNC(CN1C(=O)CC(C)(C)C1=O)C1CCCC1. The molecule has 114 valence electrons. The number of amides is 2. The molecule has 1 unspecified atom stereocenters. The van der Waals surface area contributed by atoms with Crippen molar-refractivity contribution < 1.29 is 9.59 Å². The number of hydrogen-bond acceptors (Lipinski definition) is 3. The van der Waals surface area contributed by atoms with Crippen LogP contribution in [-0.4, -0.2) is 35.8 Å². The normalized spacial score (nSPS) is 24.6. The fourth-order valence-corrected chi connectivity index (χ4v) is 3.48. The monoisotopic (exact) mass is 280 g/mol. The number of carbonyl (C=O) groups excluding carboxylic acids is 2. The van der Waals surface area contributed by atoms with Crippen molar-refractivity contribution in [2.24, 2.45) is 11.3 Å². The average molecular weight is 280 g/mol. The van der Waals surface area contributed by atoms with Gasteiger partial charge in [-0.3, -0.25) is 14.5 Å². The van der Waals surface area contributed by atoms with Gasteiger partial charge in [0, 0.05) is 19.0 Å². The minimum atomic E-state index is -0.512. The van der Waals surface area contributed by atoms with E-state index in [0.717, 1.165) is 13.0 Å². The van der Waals surface area contributed by atoms with Crippen LogP contribution in [0.4, 0.5) is 0 Å². The molecule has 0 aromatic rings.